The minimum atomic E-state index is -0.384. The van der Waals surface area contributed by atoms with Crippen molar-refractivity contribution < 1.29 is 18.6 Å². The third-order valence-corrected chi connectivity index (χ3v) is 2.86. The van der Waals surface area contributed by atoms with E-state index in [0.29, 0.717) is 28.5 Å². The van der Waals surface area contributed by atoms with E-state index >= 15 is 0 Å². The number of nitrogens with two attached hydrogens (primary N) is 1. The summed E-state index contributed by atoms with van der Waals surface area (Å²) in [7, 11) is 3.04. The molecule has 0 aliphatic carbocycles. The Morgan fingerprint density at radius 1 is 1.00 bits per heavy atom. The van der Waals surface area contributed by atoms with E-state index in [-0.39, 0.29) is 12.4 Å². The lowest BCUT2D eigenvalue weighted by Gasteiger charge is -2.11. The quantitative estimate of drug-likeness (QED) is 0.854. The molecule has 0 fully saturated rings. The summed E-state index contributed by atoms with van der Waals surface area (Å²) in [6.07, 6.45) is 0. The van der Waals surface area contributed by atoms with Gasteiger partial charge in [-0.1, -0.05) is 0 Å². The van der Waals surface area contributed by atoms with Crippen LogP contribution in [0.15, 0.2) is 36.4 Å². The molecule has 0 heterocycles. The summed E-state index contributed by atoms with van der Waals surface area (Å²) < 4.78 is 29.3. The maximum atomic E-state index is 13.8. The van der Waals surface area contributed by atoms with Gasteiger partial charge in [-0.05, 0) is 24.3 Å². The Morgan fingerprint density at radius 2 is 1.65 bits per heavy atom. The van der Waals surface area contributed by atoms with Gasteiger partial charge in [0, 0.05) is 17.7 Å². The summed E-state index contributed by atoms with van der Waals surface area (Å²) in [6.45, 7) is 0.0766. The molecule has 0 saturated heterocycles. The van der Waals surface area contributed by atoms with Crippen LogP contribution in [0.2, 0.25) is 0 Å². The van der Waals surface area contributed by atoms with E-state index < -0.39 is 0 Å². The van der Waals surface area contributed by atoms with Crippen LogP contribution in [-0.2, 0) is 6.61 Å². The first kappa shape index (κ1) is 14.0. The number of hydrogen-bond acceptors (Lipinski definition) is 4. The molecule has 106 valence electrons. The molecule has 2 N–H and O–H groups in total. The monoisotopic (exact) mass is 277 g/mol. The molecule has 2 aromatic rings. The highest BCUT2D eigenvalue weighted by molar-refractivity contribution is 5.55. The van der Waals surface area contributed by atoms with Crippen LogP contribution in [0.25, 0.3) is 0 Å². The maximum Gasteiger partial charge on any atom is 0.146 e. The van der Waals surface area contributed by atoms with Gasteiger partial charge in [0.15, 0.2) is 0 Å². The molecule has 0 spiro atoms. The summed E-state index contributed by atoms with van der Waals surface area (Å²) in [6, 6.07) is 9.68. The third-order valence-electron chi connectivity index (χ3n) is 2.86. The van der Waals surface area contributed by atoms with Gasteiger partial charge < -0.3 is 19.9 Å². The number of benzene rings is 2. The van der Waals surface area contributed by atoms with Crippen molar-refractivity contribution in [3.05, 3.63) is 47.8 Å². The van der Waals surface area contributed by atoms with Gasteiger partial charge in [0.05, 0.1) is 19.9 Å². The third kappa shape index (κ3) is 3.12. The molecule has 2 aromatic carbocycles. The summed E-state index contributed by atoms with van der Waals surface area (Å²) >= 11 is 0. The van der Waals surface area contributed by atoms with E-state index in [4.69, 9.17) is 19.9 Å². The van der Waals surface area contributed by atoms with Gasteiger partial charge in [-0.3, -0.25) is 0 Å². The van der Waals surface area contributed by atoms with Gasteiger partial charge >= 0.3 is 0 Å². The number of ether oxygens (including phenoxy) is 3. The molecule has 0 bridgehead atoms. The average Bonchev–Trinajstić information content (AvgIpc) is 2.47. The van der Waals surface area contributed by atoms with Crippen LogP contribution in [-0.4, -0.2) is 14.2 Å². The minimum absolute atomic E-state index is 0.0766. The van der Waals surface area contributed by atoms with Crippen molar-refractivity contribution in [3.8, 4) is 17.2 Å². The molecule has 0 aliphatic rings. The van der Waals surface area contributed by atoms with Gasteiger partial charge in [-0.15, -0.1) is 0 Å². The molecule has 0 aromatic heterocycles. The fraction of sp³-hybridized carbons (Fsp3) is 0.200. The topological polar surface area (TPSA) is 53.7 Å². The molecule has 0 amide bonds. The first-order valence-corrected chi connectivity index (χ1v) is 6.02. The lowest BCUT2D eigenvalue weighted by molar-refractivity contribution is 0.298. The van der Waals surface area contributed by atoms with Gasteiger partial charge in [-0.25, -0.2) is 4.39 Å². The number of anilines is 1. The SMILES string of the molecule is COc1ccc(COc2cc(OC)ccc2N)c(F)c1. The molecule has 5 heteroatoms. The molecule has 0 unspecified atom stereocenters. The maximum absolute atomic E-state index is 13.8. The summed E-state index contributed by atoms with van der Waals surface area (Å²) in [5, 5.41) is 0. The molecule has 0 aliphatic heterocycles. The summed E-state index contributed by atoms with van der Waals surface area (Å²) in [4.78, 5) is 0. The predicted octanol–water partition coefficient (Wildman–Crippen LogP) is 3.00. The Kier molecular flexibility index (Phi) is 4.30. The van der Waals surface area contributed by atoms with E-state index in [2.05, 4.69) is 0 Å². The number of rotatable bonds is 5. The highest BCUT2D eigenvalue weighted by Gasteiger charge is 2.07. The highest BCUT2D eigenvalue weighted by Crippen LogP contribution is 2.28. The van der Waals surface area contributed by atoms with E-state index in [1.54, 1.807) is 37.4 Å². The smallest absolute Gasteiger partial charge is 0.146 e. The molecular weight excluding hydrogens is 261 g/mol. The Hall–Kier alpha value is -2.43. The second-order valence-electron chi connectivity index (χ2n) is 4.15. The lowest BCUT2D eigenvalue weighted by Crippen LogP contribution is -2.01. The van der Waals surface area contributed by atoms with E-state index in [1.165, 1.54) is 13.2 Å². The van der Waals surface area contributed by atoms with E-state index in [0.717, 1.165) is 0 Å². The minimum Gasteiger partial charge on any atom is -0.497 e. The molecule has 0 radical (unpaired) electrons. The Bertz CT molecular complexity index is 602. The fourth-order valence-corrected chi connectivity index (χ4v) is 1.69. The van der Waals surface area contributed by atoms with Crippen LogP contribution in [0.1, 0.15) is 5.56 Å². The van der Waals surface area contributed by atoms with Crippen molar-refractivity contribution in [2.75, 3.05) is 20.0 Å². The van der Waals surface area contributed by atoms with Crippen molar-refractivity contribution in [3.63, 3.8) is 0 Å². The summed E-state index contributed by atoms with van der Waals surface area (Å²) in [5.41, 5.74) is 6.69. The van der Waals surface area contributed by atoms with Crippen molar-refractivity contribution in [2.45, 2.75) is 6.61 Å². The molecular formula is C15H16FNO3. The van der Waals surface area contributed by atoms with Gasteiger partial charge in [0.25, 0.3) is 0 Å². The van der Waals surface area contributed by atoms with Gasteiger partial charge in [0.1, 0.15) is 29.7 Å². The molecule has 20 heavy (non-hydrogen) atoms. The van der Waals surface area contributed by atoms with Crippen molar-refractivity contribution in [1.29, 1.82) is 0 Å². The number of nitrogen functional groups attached to an aromatic ring is 1. The van der Waals surface area contributed by atoms with Gasteiger partial charge in [-0.2, -0.15) is 0 Å². The van der Waals surface area contributed by atoms with E-state index in [1.807, 2.05) is 0 Å². The zero-order chi connectivity index (χ0) is 14.5. The highest BCUT2D eigenvalue weighted by atomic mass is 19.1. The Labute approximate surface area is 116 Å². The molecule has 0 atom stereocenters. The Balaban J connectivity index is 2.12. The van der Waals surface area contributed by atoms with E-state index in [9.17, 15) is 4.39 Å². The average molecular weight is 277 g/mol. The number of methoxy groups -OCH3 is 2. The lowest BCUT2D eigenvalue weighted by atomic mass is 10.2. The van der Waals surface area contributed by atoms with Crippen molar-refractivity contribution in [1.82, 2.24) is 0 Å². The number of halogens is 1. The zero-order valence-corrected chi connectivity index (χ0v) is 11.4. The van der Waals surface area contributed by atoms with Gasteiger partial charge in [0.2, 0.25) is 0 Å². The van der Waals surface area contributed by atoms with Crippen LogP contribution in [0, 0.1) is 5.82 Å². The zero-order valence-electron chi connectivity index (χ0n) is 11.4. The van der Waals surface area contributed by atoms with Crippen LogP contribution in [0.3, 0.4) is 0 Å². The van der Waals surface area contributed by atoms with Crippen LogP contribution < -0.4 is 19.9 Å². The molecule has 2 rings (SSSR count). The standard InChI is InChI=1S/C15H16FNO3/c1-18-11-4-3-10(13(16)7-11)9-20-15-8-12(19-2)5-6-14(15)17/h3-8H,9,17H2,1-2H3. The van der Waals surface area contributed by atoms with Crippen LogP contribution in [0.5, 0.6) is 17.2 Å². The van der Waals surface area contributed by atoms with Crippen molar-refractivity contribution in [2.24, 2.45) is 0 Å². The second-order valence-corrected chi connectivity index (χ2v) is 4.15. The van der Waals surface area contributed by atoms with Crippen LogP contribution >= 0.6 is 0 Å². The largest absolute Gasteiger partial charge is 0.497 e. The van der Waals surface area contributed by atoms with Crippen LogP contribution in [0.4, 0.5) is 10.1 Å². The fourth-order valence-electron chi connectivity index (χ4n) is 1.69. The normalized spacial score (nSPS) is 10.2. The number of hydrogen-bond donors (Lipinski definition) is 1. The van der Waals surface area contributed by atoms with Crippen molar-refractivity contribution >= 4 is 5.69 Å². The first-order chi connectivity index (χ1) is 9.63. The molecule has 4 nitrogen and oxygen atoms in total. The summed E-state index contributed by atoms with van der Waals surface area (Å²) in [5.74, 6) is 1.17. The Morgan fingerprint density at radius 3 is 2.30 bits per heavy atom. The first-order valence-electron chi connectivity index (χ1n) is 6.02. The predicted molar refractivity (Wildman–Crippen MR) is 74.7 cm³/mol. The second kappa shape index (κ2) is 6.14. The molecule has 0 saturated carbocycles.